The number of hydrogen-bond acceptors (Lipinski definition) is 5. The highest BCUT2D eigenvalue weighted by Gasteiger charge is 2.20. The Hall–Kier alpha value is -1.92. The summed E-state index contributed by atoms with van der Waals surface area (Å²) >= 11 is 0. The molecule has 544 valence electrons. The topological polar surface area (TPSA) is 95.9 Å². The van der Waals surface area contributed by atoms with E-state index in [4.69, 9.17) is 4.74 Å². The highest BCUT2D eigenvalue weighted by Crippen LogP contribution is 2.20. The van der Waals surface area contributed by atoms with Crippen LogP contribution in [-0.2, 0) is 14.3 Å². The summed E-state index contributed by atoms with van der Waals surface area (Å²) in [6.07, 6.45) is 107. The molecule has 0 aliphatic carbocycles. The summed E-state index contributed by atoms with van der Waals surface area (Å²) in [6, 6.07) is -0.541. The van der Waals surface area contributed by atoms with Crippen LogP contribution in [0.15, 0.2) is 36.5 Å². The molecule has 0 fully saturated rings. The molecular weight excluding hydrogens is 1130 g/mol. The molecule has 6 nitrogen and oxygen atoms in total. The van der Waals surface area contributed by atoms with Gasteiger partial charge in [0, 0.05) is 12.8 Å². The third-order valence-electron chi connectivity index (χ3n) is 19.9. The van der Waals surface area contributed by atoms with Crippen LogP contribution >= 0.6 is 0 Å². The first-order valence-electron chi connectivity index (χ1n) is 42.2. The third-order valence-corrected chi connectivity index (χ3v) is 19.9. The van der Waals surface area contributed by atoms with Crippen LogP contribution in [0.25, 0.3) is 0 Å². The number of esters is 1. The molecule has 0 aliphatic heterocycles. The molecule has 0 aromatic heterocycles. The fourth-order valence-electron chi connectivity index (χ4n) is 13.5. The largest absolute Gasteiger partial charge is 0.466 e. The number of amides is 1. The van der Waals surface area contributed by atoms with Gasteiger partial charge in [-0.15, -0.1) is 0 Å². The van der Waals surface area contributed by atoms with Crippen molar-refractivity contribution in [2.75, 3.05) is 13.2 Å². The van der Waals surface area contributed by atoms with Crippen LogP contribution in [0.2, 0.25) is 0 Å². The maximum absolute atomic E-state index is 12.6. The van der Waals surface area contributed by atoms with Gasteiger partial charge in [0.15, 0.2) is 0 Å². The van der Waals surface area contributed by atoms with Crippen molar-refractivity contribution in [3.63, 3.8) is 0 Å². The number of carbonyl (C=O) groups excluding carboxylic acids is 2. The first kappa shape index (κ1) is 90.1. The number of nitrogens with one attached hydrogen (secondary N) is 1. The number of unbranched alkanes of at least 4 members (excludes halogenated alkanes) is 63. The number of allylic oxidation sites excluding steroid dienone is 6. The highest BCUT2D eigenvalue weighted by molar-refractivity contribution is 5.76. The van der Waals surface area contributed by atoms with E-state index in [1.165, 1.54) is 392 Å². The van der Waals surface area contributed by atoms with Crippen molar-refractivity contribution >= 4 is 11.9 Å². The zero-order chi connectivity index (χ0) is 66.3. The molecule has 0 spiro atoms. The minimum atomic E-state index is -0.664. The van der Waals surface area contributed by atoms with Crippen molar-refractivity contribution < 1.29 is 24.5 Å². The predicted octanol–water partition coefficient (Wildman–Crippen LogP) is 28.2. The number of aliphatic hydroxyl groups is 2. The minimum absolute atomic E-state index is 0.0109. The van der Waals surface area contributed by atoms with Crippen LogP contribution in [0.5, 0.6) is 0 Å². The predicted molar refractivity (Wildman–Crippen MR) is 407 cm³/mol. The lowest BCUT2D eigenvalue weighted by Gasteiger charge is -2.22. The van der Waals surface area contributed by atoms with E-state index in [1.807, 2.05) is 0 Å². The second-order valence-corrected chi connectivity index (χ2v) is 29.2. The van der Waals surface area contributed by atoms with Crippen LogP contribution < -0.4 is 5.32 Å². The Kier molecular flexibility index (Phi) is 79.8. The Morgan fingerprint density at radius 2 is 0.543 bits per heavy atom. The molecular formula is C86H165NO5. The maximum Gasteiger partial charge on any atom is 0.305 e. The number of hydrogen-bond donors (Lipinski definition) is 3. The molecule has 1 amide bonds. The Bertz CT molecular complexity index is 1490. The zero-order valence-electron chi connectivity index (χ0n) is 62.6. The molecule has 2 unspecified atom stereocenters. The zero-order valence-corrected chi connectivity index (χ0v) is 62.6. The van der Waals surface area contributed by atoms with Gasteiger partial charge in [-0.1, -0.05) is 416 Å². The number of aliphatic hydroxyl groups excluding tert-OH is 2. The minimum Gasteiger partial charge on any atom is -0.466 e. The van der Waals surface area contributed by atoms with Gasteiger partial charge in [-0.2, -0.15) is 0 Å². The van der Waals surface area contributed by atoms with Gasteiger partial charge >= 0.3 is 5.97 Å². The van der Waals surface area contributed by atoms with E-state index in [0.717, 1.165) is 51.4 Å². The Balaban J connectivity index is 3.36. The molecule has 0 rings (SSSR count). The molecule has 0 aromatic carbocycles. The van der Waals surface area contributed by atoms with Gasteiger partial charge in [-0.3, -0.25) is 9.59 Å². The smallest absolute Gasteiger partial charge is 0.305 e. The Labute approximate surface area is 576 Å². The first-order valence-corrected chi connectivity index (χ1v) is 42.2. The van der Waals surface area contributed by atoms with Crippen molar-refractivity contribution in [2.45, 2.75) is 488 Å². The lowest BCUT2D eigenvalue weighted by Crippen LogP contribution is -2.45. The molecule has 6 heteroatoms. The summed E-state index contributed by atoms with van der Waals surface area (Å²) in [4.78, 5) is 24.6. The molecule has 0 heterocycles. The highest BCUT2D eigenvalue weighted by atomic mass is 16.5. The molecule has 3 N–H and O–H groups in total. The van der Waals surface area contributed by atoms with Gasteiger partial charge < -0.3 is 20.3 Å². The van der Waals surface area contributed by atoms with Crippen molar-refractivity contribution in [1.29, 1.82) is 0 Å². The van der Waals surface area contributed by atoms with Crippen LogP contribution in [0.1, 0.15) is 476 Å². The van der Waals surface area contributed by atoms with E-state index < -0.39 is 12.1 Å². The van der Waals surface area contributed by atoms with Crippen molar-refractivity contribution in [3.8, 4) is 0 Å². The van der Waals surface area contributed by atoms with Crippen LogP contribution in [-0.4, -0.2) is 47.4 Å². The molecule has 2 atom stereocenters. The maximum atomic E-state index is 12.6. The van der Waals surface area contributed by atoms with E-state index in [9.17, 15) is 19.8 Å². The number of rotatable bonds is 80. The average molecular weight is 1290 g/mol. The lowest BCUT2D eigenvalue weighted by atomic mass is 10.0. The standard InChI is InChI=1S/C86H165NO5/c1-3-5-7-9-11-13-15-17-18-19-20-21-22-40-43-46-49-52-55-58-62-66-70-74-78-84(89)83(82-88)87-85(90)79-75-71-67-63-59-56-53-50-47-44-41-38-36-34-32-30-28-26-24-23-25-27-29-31-33-35-37-39-42-45-48-51-54-57-61-65-69-73-77-81-92-86(91)80-76-72-68-64-60-16-14-12-10-8-6-4-2/h12,14,23-24,27,29,83-84,88-89H,3-11,13,15-22,25-26,28,30-82H2,1-2H3,(H,87,90)/b14-12-,24-23-,29-27-. The van der Waals surface area contributed by atoms with Gasteiger partial charge in [0.05, 0.1) is 25.4 Å². The molecule has 0 aliphatic rings. The third kappa shape index (κ3) is 77.1. The Morgan fingerprint density at radius 3 is 0.859 bits per heavy atom. The summed E-state index contributed by atoms with van der Waals surface area (Å²) in [7, 11) is 0. The van der Waals surface area contributed by atoms with Gasteiger partial charge in [0.2, 0.25) is 5.91 Å². The SMILES string of the molecule is CCCCC/C=C\CCCCCCCC(=O)OCCCCCCCCCCCCCCCCC/C=C\C/C=C\CCCCCCCCCCCCCCCCCCCC(=O)NC(CO)C(O)CCCCCCCCCCCCCCCCCCCCCCCCCC. The molecule has 0 bridgehead atoms. The monoisotopic (exact) mass is 1290 g/mol. The average Bonchev–Trinajstić information content (AvgIpc) is 3.71. The number of carbonyl (C=O) groups is 2. The summed E-state index contributed by atoms with van der Waals surface area (Å²) < 4.78 is 5.48. The van der Waals surface area contributed by atoms with E-state index in [0.29, 0.717) is 25.9 Å². The second-order valence-electron chi connectivity index (χ2n) is 29.2. The van der Waals surface area contributed by atoms with E-state index >= 15 is 0 Å². The van der Waals surface area contributed by atoms with Gasteiger partial charge in [0.25, 0.3) is 0 Å². The molecule has 0 saturated carbocycles. The van der Waals surface area contributed by atoms with Gasteiger partial charge in [-0.25, -0.2) is 0 Å². The summed E-state index contributed by atoms with van der Waals surface area (Å²) in [6.45, 7) is 4.98. The molecule has 0 radical (unpaired) electrons. The normalized spacial score (nSPS) is 12.6. The van der Waals surface area contributed by atoms with Gasteiger partial charge in [-0.05, 0) is 83.5 Å². The fourth-order valence-corrected chi connectivity index (χ4v) is 13.5. The fraction of sp³-hybridized carbons (Fsp3) is 0.907. The Morgan fingerprint density at radius 1 is 0.304 bits per heavy atom. The molecule has 92 heavy (non-hydrogen) atoms. The van der Waals surface area contributed by atoms with Crippen molar-refractivity contribution in [2.24, 2.45) is 0 Å². The van der Waals surface area contributed by atoms with Gasteiger partial charge in [0.1, 0.15) is 0 Å². The van der Waals surface area contributed by atoms with Crippen LogP contribution in [0.3, 0.4) is 0 Å². The van der Waals surface area contributed by atoms with Crippen molar-refractivity contribution in [3.05, 3.63) is 36.5 Å². The quantitative estimate of drug-likeness (QED) is 0.0320. The summed E-state index contributed by atoms with van der Waals surface area (Å²) in [5.41, 5.74) is 0. The van der Waals surface area contributed by atoms with Crippen molar-refractivity contribution in [1.82, 2.24) is 5.32 Å². The summed E-state index contributed by atoms with van der Waals surface area (Å²) in [5.74, 6) is -0.0152. The van der Waals surface area contributed by atoms with E-state index in [-0.39, 0.29) is 18.5 Å². The van der Waals surface area contributed by atoms with E-state index in [1.54, 1.807) is 0 Å². The second kappa shape index (κ2) is 81.5. The van der Waals surface area contributed by atoms with Crippen LogP contribution in [0, 0.1) is 0 Å². The summed E-state index contributed by atoms with van der Waals surface area (Å²) in [5, 5.41) is 23.5. The lowest BCUT2D eigenvalue weighted by molar-refractivity contribution is -0.143. The molecule has 0 aromatic rings. The number of ether oxygens (including phenoxy) is 1. The van der Waals surface area contributed by atoms with Crippen LogP contribution in [0.4, 0.5) is 0 Å². The molecule has 0 saturated heterocycles. The van der Waals surface area contributed by atoms with E-state index in [2.05, 4.69) is 55.6 Å². The first-order chi connectivity index (χ1) is 45.5.